The second kappa shape index (κ2) is 14.9. The van der Waals surface area contributed by atoms with Crippen molar-refractivity contribution in [2.45, 2.75) is 151 Å². The summed E-state index contributed by atoms with van der Waals surface area (Å²) in [6.07, 6.45) is 23.6. The van der Waals surface area contributed by atoms with Crippen LogP contribution in [0.3, 0.4) is 0 Å². The highest BCUT2D eigenvalue weighted by molar-refractivity contribution is 4.85. The summed E-state index contributed by atoms with van der Waals surface area (Å²) in [7, 11) is 0. The fourth-order valence-corrected chi connectivity index (χ4v) is 5.70. The molecule has 0 aromatic carbocycles. The molecule has 0 spiro atoms. The highest BCUT2D eigenvalue weighted by Crippen LogP contribution is 2.46. The molecule has 0 radical (unpaired) electrons. The minimum Gasteiger partial charge on any atom is -0.0649 e. The van der Waals surface area contributed by atoms with Crippen molar-refractivity contribution in [3.05, 3.63) is 0 Å². The Hall–Kier alpha value is 0. The van der Waals surface area contributed by atoms with Crippen LogP contribution in [-0.4, -0.2) is 0 Å². The minimum absolute atomic E-state index is 0.701. The first-order chi connectivity index (χ1) is 13.8. The molecule has 0 amide bonds. The zero-order chi connectivity index (χ0) is 21.7. The van der Waals surface area contributed by atoms with Crippen LogP contribution >= 0.6 is 0 Å². The fraction of sp³-hybridized carbons (Fsp3) is 1.00. The predicted molar refractivity (Wildman–Crippen MR) is 133 cm³/mol. The fourth-order valence-electron chi connectivity index (χ4n) is 5.70. The van der Waals surface area contributed by atoms with E-state index in [0.717, 1.165) is 29.6 Å². The van der Waals surface area contributed by atoms with E-state index < -0.39 is 0 Å². The smallest absolute Gasteiger partial charge is 0.0300 e. The third-order valence-corrected chi connectivity index (χ3v) is 8.35. The Labute approximate surface area is 186 Å². The van der Waals surface area contributed by atoms with Crippen molar-refractivity contribution in [1.29, 1.82) is 0 Å². The molecule has 0 heteroatoms. The maximum absolute atomic E-state index is 2.51. The van der Waals surface area contributed by atoms with Gasteiger partial charge in [0.2, 0.25) is 0 Å². The van der Waals surface area contributed by atoms with Crippen molar-refractivity contribution in [2.24, 2.45) is 35.0 Å². The van der Waals surface area contributed by atoms with Gasteiger partial charge in [-0.2, -0.15) is 0 Å². The van der Waals surface area contributed by atoms with Gasteiger partial charge in [0.25, 0.3) is 0 Å². The molecular formula is C29H58. The average Bonchev–Trinajstić information content (AvgIpc) is 2.67. The Balaban J connectivity index is 2.19. The summed E-state index contributed by atoms with van der Waals surface area (Å²) in [6.45, 7) is 16.9. The lowest BCUT2D eigenvalue weighted by atomic mass is 9.65. The first kappa shape index (κ1) is 27.0. The van der Waals surface area contributed by atoms with Gasteiger partial charge in [-0.15, -0.1) is 0 Å². The van der Waals surface area contributed by atoms with E-state index in [-0.39, 0.29) is 0 Å². The van der Waals surface area contributed by atoms with Crippen molar-refractivity contribution in [2.75, 3.05) is 0 Å². The molecule has 0 saturated heterocycles. The lowest BCUT2D eigenvalue weighted by molar-refractivity contribution is 0.115. The van der Waals surface area contributed by atoms with Gasteiger partial charge in [0.05, 0.1) is 0 Å². The summed E-state index contributed by atoms with van der Waals surface area (Å²) < 4.78 is 0. The molecule has 1 saturated carbocycles. The van der Waals surface area contributed by atoms with Gasteiger partial charge in [0.15, 0.2) is 0 Å². The standard InChI is InChI=1S/C29H58/c1-8-29(21-18-27(7)15-10-13-25(4)5)22-19-28(20-23-29)17-11-16-26(6)14-9-12-24(2)3/h24-28H,8-23H2,1-7H3. The summed E-state index contributed by atoms with van der Waals surface area (Å²) >= 11 is 0. The zero-order valence-electron chi connectivity index (χ0n) is 21.7. The van der Waals surface area contributed by atoms with Crippen LogP contribution < -0.4 is 0 Å². The average molecular weight is 407 g/mol. The van der Waals surface area contributed by atoms with E-state index in [1.807, 2.05) is 0 Å². The maximum Gasteiger partial charge on any atom is -0.0300 e. The summed E-state index contributed by atoms with van der Waals surface area (Å²) in [6, 6.07) is 0. The summed E-state index contributed by atoms with van der Waals surface area (Å²) in [5, 5.41) is 0. The van der Waals surface area contributed by atoms with Crippen LogP contribution in [0, 0.1) is 35.0 Å². The van der Waals surface area contributed by atoms with Gasteiger partial charge in [0, 0.05) is 0 Å². The van der Waals surface area contributed by atoms with Gasteiger partial charge in [-0.1, -0.05) is 119 Å². The molecule has 1 aliphatic rings. The highest BCUT2D eigenvalue weighted by Gasteiger charge is 2.33. The summed E-state index contributed by atoms with van der Waals surface area (Å²) in [5.41, 5.74) is 0.701. The second-order valence-corrected chi connectivity index (χ2v) is 12.1. The van der Waals surface area contributed by atoms with Crippen molar-refractivity contribution < 1.29 is 0 Å². The first-order valence-corrected chi connectivity index (χ1v) is 13.8. The molecule has 1 rings (SSSR count). The third-order valence-electron chi connectivity index (χ3n) is 8.35. The van der Waals surface area contributed by atoms with Crippen LogP contribution in [0.25, 0.3) is 0 Å². The molecule has 0 heterocycles. The molecule has 0 aliphatic heterocycles. The van der Waals surface area contributed by atoms with Crippen molar-refractivity contribution in [3.63, 3.8) is 0 Å². The third kappa shape index (κ3) is 12.4. The molecule has 2 unspecified atom stereocenters. The van der Waals surface area contributed by atoms with Gasteiger partial charge in [0.1, 0.15) is 0 Å². The Morgan fingerprint density at radius 2 is 1.14 bits per heavy atom. The van der Waals surface area contributed by atoms with Crippen molar-refractivity contribution in [1.82, 2.24) is 0 Å². The first-order valence-electron chi connectivity index (χ1n) is 13.8. The molecule has 0 aromatic heterocycles. The van der Waals surface area contributed by atoms with E-state index in [1.165, 1.54) is 103 Å². The molecule has 0 bridgehead atoms. The molecule has 0 aromatic rings. The number of rotatable bonds is 16. The van der Waals surface area contributed by atoms with E-state index in [0.29, 0.717) is 5.41 Å². The summed E-state index contributed by atoms with van der Waals surface area (Å²) in [4.78, 5) is 0. The Morgan fingerprint density at radius 3 is 1.62 bits per heavy atom. The molecule has 174 valence electrons. The second-order valence-electron chi connectivity index (χ2n) is 12.1. The normalized spacial score (nSPS) is 24.9. The van der Waals surface area contributed by atoms with Crippen LogP contribution in [-0.2, 0) is 0 Å². The van der Waals surface area contributed by atoms with Crippen molar-refractivity contribution >= 4 is 0 Å². The predicted octanol–water partition coefficient (Wildman–Crippen LogP) is 10.4. The van der Waals surface area contributed by atoms with Gasteiger partial charge in [-0.05, 0) is 67.1 Å². The lowest BCUT2D eigenvalue weighted by Crippen LogP contribution is -2.27. The molecular weight excluding hydrogens is 348 g/mol. The van der Waals surface area contributed by atoms with E-state index in [1.54, 1.807) is 0 Å². The highest BCUT2D eigenvalue weighted by atomic mass is 14.4. The number of hydrogen-bond donors (Lipinski definition) is 0. The molecule has 1 fully saturated rings. The summed E-state index contributed by atoms with van der Waals surface area (Å²) in [5.74, 6) is 4.69. The molecule has 2 atom stereocenters. The van der Waals surface area contributed by atoms with Crippen LogP contribution in [0.4, 0.5) is 0 Å². The van der Waals surface area contributed by atoms with Crippen LogP contribution in [0.5, 0.6) is 0 Å². The quantitative estimate of drug-likeness (QED) is 0.239. The van der Waals surface area contributed by atoms with E-state index in [4.69, 9.17) is 0 Å². The SMILES string of the molecule is CCC1(CCC(C)CCCC(C)C)CCC(CCCC(C)CCCC(C)C)CC1. The molecule has 0 nitrogen and oxygen atoms in total. The Morgan fingerprint density at radius 1 is 0.655 bits per heavy atom. The van der Waals surface area contributed by atoms with Crippen molar-refractivity contribution in [3.8, 4) is 0 Å². The van der Waals surface area contributed by atoms with E-state index >= 15 is 0 Å². The molecule has 0 N–H and O–H groups in total. The maximum atomic E-state index is 2.51. The van der Waals surface area contributed by atoms with Gasteiger partial charge >= 0.3 is 0 Å². The topological polar surface area (TPSA) is 0 Å². The minimum atomic E-state index is 0.701. The van der Waals surface area contributed by atoms with Gasteiger partial charge < -0.3 is 0 Å². The largest absolute Gasteiger partial charge is 0.0649 e. The van der Waals surface area contributed by atoms with Crippen LogP contribution in [0.1, 0.15) is 151 Å². The molecule has 29 heavy (non-hydrogen) atoms. The molecule has 1 aliphatic carbocycles. The number of hydrogen-bond acceptors (Lipinski definition) is 0. The van der Waals surface area contributed by atoms with Crippen LogP contribution in [0.15, 0.2) is 0 Å². The zero-order valence-corrected chi connectivity index (χ0v) is 21.7. The van der Waals surface area contributed by atoms with Crippen LogP contribution in [0.2, 0.25) is 0 Å². The Kier molecular flexibility index (Phi) is 13.9. The van der Waals surface area contributed by atoms with E-state index in [2.05, 4.69) is 48.5 Å². The monoisotopic (exact) mass is 406 g/mol. The Bertz CT molecular complexity index is 371. The van der Waals surface area contributed by atoms with Gasteiger partial charge in [-0.3, -0.25) is 0 Å². The van der Waals surface area contributed by atoms with E-state index in [9.17, 15) is 0 Å². The van der Waals surface area contributed by atoms with Gasteiger partial charge in [-0.25, -0.2) is 0 Å². The lowest BCUT2D eigenvalue weighted by Gasteiger charge is -2.40.